The number of halogens is 2. The number of carbonyl (C=O) groups excluding carboxylic acids is 2. The van der Waals surface area contributed by atoms with Gasteiger partial charge < -0.3 is 15.0 Å². The molecule has 1 heterocycles. The molecule has 2 aromatic carbocycles. The molecule has 1 N–H and O–H groups in total. The van der Waals surface area contributed by atoms with Crippen LogP contribution in [0.5, 0.6) is 5.75 Å². The summed E-state index contributed by atoms with van der Waals surface area (Å²) in [6.07, 6.45) is 0.142. The summed E-state index contributed by atoms with van der Waals surface area (Å²) in [6, 6.07) is 12.7. The number of hydrogen-bond acceptors (Lipinski definition) is 3. The molecule has 0 aromatic heterocycles. The lowest BCUT2D eigenvalue weighted by molar-refractivity contribution is -0.122. The second-order valence-corrected chi connectivity index (χ2v) is 6.02. The highest BCUT2D eigenvalue weighted by Gasteiger charge is 2.31. The number of ether oxygens (including phenoxy) is 1. The third-order valence-corrected chi connectivity index (χ3v) is 4.05. The second kappa shape index (κ2) is 7.95. The molecule has 1 saturated heterocycles. The summed E-state index contributed by atoms with van der Waals surface area (Å²) in [7, 11) is 0. The Balaban J connectivity index is 1.59. The Morgan fingerprint density at radius 2 is 2.00 bits per heavy atom. The lowest BCUT2D eigenvalue weighted by Gasteiger charge is -2.17. The lowest BCUT2D eigenvalue weighted by atomic mass is 10.2. The smallest absolute Gasteiger partial charge is 0.251 e. The average molecular weight is 360 g/mol. The van der Waals surface area contributed by atoms with Crippen LogP contribution in [-0.2, 0) is 16.2 Å². The summed E-state index contributed by atoms with van der Waals surface area (Å²) in [5, 5.41) is 2.48. The molecule has 0 bridgehead atoms. The predicted molar refractivity (Wildman–Crippen MR) is 92.0 cm³/mol. The molecule has 0 spiro atoms. The van der Waals surface area contributed by atoms with Crippen LogP contribution in [0.4, 0.5) is 14.5 Å². The van der Waals surface area contributed by atoms with Gasteiger partial charge in [-0.25, -0.2) is 8.78 Å². The monoisotopic (exact) mass is 360 g/mol. The van der Waals surface area contributed by atoms with Crippen LogP contribution in [0.25, 0.3) is 0 Å². The highest BCUT2D eigenvalue weighted by molar-refractivity contribution is 5.96. The normalized spacial score (nSPS) is 16.6. The van der Waals surface area contributed by atoms with Crippen LogP contribution in [-0.4, -0.2) is 31.1 Å². The Morgan fingerprint density at radius 1 is 1.23 bits per heavy atom. The van der Waals surface area contributed by atoms with Crippen LogP contribution < -0.4 is 15.0 Å². The Morgan fingerprint density at radius 3 is 2.69 bits per heavy atom. The molecule has 26 heavy (non-hydrogen) atoms. The van der Waals surface area contributed by atoms with E-state index in [0.717, 1.165) is 5.56 Å². The van der Waals surface area contributed by atoms with Crippen molar-refractivity contribution in [3.63, 3.8) is 0 Å². The fraction of sp³-hybridized carbons (Fsp3) is 0.263. The minimum atomic E-state index is -1.10. The lowest BCUT2D eigenvalue weighted by Crippen LogP contribution is -2.37. The Labute approximate surface area is 149 Å². The molecule has 136 valence electrons. The van der Waals surface area contributed by atoms with Crippen LogP contribution in [0.3, 0.4) is 0 Å². The number of benzene rings is 2. The molecule has 0 aliphatic carbocycles. The van der Waals surface area contributed by atoms with E-state index in [2.05, 4.69) is 5.32 Å². The quantitative estimate of drug-likeness (QED) is 0.862. The summed E-state index contributed by atoms with van der Waals surface area (Å²) in [5.41, 5.74) is 1.39. The molecule has 5 nitrogen and oxygen atoms in total. The zero-order valence-electron chi connectivity index (χ0n) is 14.0. The van der Waals surface area contributed by atoms with E-state index in [9.17, 15) is 18.4 Å². The molecule has 2 aromatic rings. The van der Waals surface area contributed by atoms with Crippen LogP contribution in [0, 0.1) is 5.82 Å². The van der Waals surface area contributed by atoms with E-state index < -0.39 is 18.6 Å². The number of nitrogens with zero attached hydrogens (tertiary/aromatic N) is 1. The number of anilines is 1. The van der Waals surface area contributed by atoms with E-state index in [1.165, 1.54) is 12.1 Å². The molecular formula is C19H18F2N2O3. The number of hydrogen-bond donors (Lipinski definition) is 1. The Kier molecular flexibility index (Phi) is 5.46. The molecule has 1 unspecified atom stereocenters. The van der Waals surface area contributed by atoms with Crippen molar-refractivity contribution in [3.05, 3.63) is 59.9 Å². The topological polar surface area (TPSA) is 58.6 Å². The maximum Gasteiger partial charge on any atom is 0.251 e. The standard InChI is InChI=1S/C19H18F2N2O3/c20-10-18(24)22-15-9-19(25)23(11-15)16-4-6-17(7-5-16)26-12-13-2-1-3-14(21)8-13/h1-8,15H,9-12H2,(H,22,24). The minimum absolute atomic E-state index is 0.136. The van der Waals surface area contributed by atoms with Crippen molar-refractivity contribution in [3.8, 4) is 5.75 Å². The molecule has 0 radical (unpaired) electrons. The van der Waals surface area contributed by atoms with Crippen molar-refractivity contribution in [1.82, 2.24) is 5.32 Å². The molecule has 1 aliphatic heterocycles. The van der Waals surface area contributed by atoms with Crippen molar-refractivity contribution in [2.75, 3.05) is 18.1 Å². The van der Waals surface area contributed by atoms with Gasteiger partial charge in [0, 0.05) is 18.7 Å². The molecule has 1 atom stereocenters. The highest BCUT2D eigenvalue weighted by Crippen LogP contribution is 2.24. The zero-order valence-corrected chi connectivity index (χ0v) is 14.0. The van der Waals surface area contributed by atoms with Crippen molar-refractivity contribution in [2.45, 2.75) is 19.1 Å². The number of amides is 2. The van der Waals surface area contributed by atoms with Gasteiger partial charge in [-0.3, -0.25) is 9.59 Å². The van der Waals surface area contributed by atoms with Gasteiger partial charge in [0.25, 0.3) is 5.91 Å². The second-order valence-electron chi connectivity index (χ2n) is 6.02. The van der Waals surface area contributed by atoms with Gasteiger partial charge >= 0.3 is 0 Å². The molecular weight excluding hydrogens is 342 g/mol. The maximum atomic E-state index is 13.1. The number of nitrogens with one attached hydrogen (secondary N) is 1. The van der Waals surface area contributed by atoms with E-state index >= 15 is 0 Å². The van der Waals surface area contributed by atoms with E-state index in [0.29, 0.717) is 18.0 Å². The largest absolute Gasteiger partial charge is 0.489 e. The van der Waals surface area contributed by atoms with E-state index in [-0.39, 0.29) is 24.8 Å². The van der Waals surface area contributed by atoms with Gasteiger partial charge in [-0.15, -0.1) is 0 Å². The summed E-state index contributed by atoms with van der Waals surface area (Å²) in [6.45, 7) is -0.562. The van der Waals surface area contributed by atoms with Gasteiger partial charge in [0.2, 0.25) is 5.91 Å². The fourth-order valence-corrected chi connectivity index (χ4v) is 2.84. The van der Waals surface area contributed by atoms with Crippen LogP contribution >= 0.6 is 0 Å². The highest BCUT2D eigenvalue weighted by atomic mass is 19.1. The van der Waals surface area contributed by atoms with Crippen LogP contribution in [0.15, 0.2) is 48.5 Å². The van der Waals surface area contributed by atoms with Crippen LogP contribution in [0.2, 0.25) is 0 Å². The van der Waals surface area contributed by atoms with Gasteiger partial charge in [-0.2, -0.15) is 0 Å². The zero-order chi connectivity index (χ0) is 18.5. The molecule has 2 amide bonds. The van der Waals surface area contributed by atoms with Crippen molar-refractivity contribution >= 4 is 17.5 Å². The summed E-state index contributed by atoms with van der Waals surface area (Å²) in [4.78, 5) is 24.8. The fourth-order valence-electron chi connectivity index (χ4n) is 2.84. The molecule has 1 fully saturated rings. The summed E-state index contributed by atoms with van der Waals surface area (Å²) in [5.74, 6) is -0.580. The number of carbonyl (C=O) groups is 2. The first-order valence-electron chi connectivity index (χ1n) is 8.18. The summed E-state index contributed by atoms with van der Waals surface area (Å²) >= 11 is 0. The minimum Gasteiger partial charge on any atom is -0.489 e. The SMILES string of the molecule is O=C(CF)NC1CC(=O)N(c2ccc(OCc3cccc(F)c3)cc2)C1. The van der Waals surface area contributed by atoms with Crippen LogP contribution in [0.1, 0.15) is 12.0 Å². The van der Waals surface area contributed by atoms with Gasteiger partial charge in [0.15, 0.2) is 6.67 Å². The van der Waals surface area contributed by atoms with Crippen molar-refractivity contribution in [1.29, 1.82) is 0 Å². The number of alkyl halides is 1. The Hall–Kier alpha value is -2.96. The predicted octanol–water partition coefficient (Wildman–Crippen LogP) is 2.60. The van der Waals surface area contributed by atoms with Gasteiger partial charge in [0.1, 0.15) is 18.2 Å². The maximum absolute atomic E-state index is 13.1. The van der Waals surface area contributed by atoms with E-state index in [1.54, 1.807) is 41.3 Å². The van der Waals surface area contributed by atoms with Crippen molar-refractivity contribution < 1.29 is 23.1 Å². The molecule has 1 aliphatic rings. The first-order valence-corrected chi connectivity index (χ1v) is 8.18. The molecule has 7 heteroatoms. The Bertz CT molecular complexity index is 796. The van der Waals surface area contributed by atoms with Gasteiger partial charge in [0.05, 0.1) is 6.04 Å². The van der Waals surface area contributed by atoms with Crippen molar-refractivity contribution in [2.24, 2.45) is 0 Å². The first-order chi connectivity index (χ1) is 12.5. The third-order valence-electron chi connectivity index (χ3n) is 4.05. The summed E-state index contributed by atoms with van der Waals surface area (Å²) < 4.78 is 31.0. The average Bonchev–Trinajstić information content (AvgIpc) is 3.00. The third kappa shape index (κ3) is 4.36. The molecule has 0 saturated carbocycles. The van der Waals surface area contributed by atoms with Gasteiger partial charge in [-0.1, -0.05) is 12.1 Å². The van der Waals surface area contributed by atoms with E-state index in [1.807, 2.05) is 0 Å². The number of rotatable bonds is 6. The van der Waals surface area contributed by atoms with E-state index in [4.69, 9.17) is 4.74 Å². The van der Waals surface area contributed by atoms with Gasteiger partial charge in [-0.05, 0) is 42.0 Å². The first kappa shape index (κ1) is 17.8. The molecule has 3 rings (SSSR count).